The number of halogens is 2. The van der Waals surface area contributed by atoms with Crippen LogP contribution in [0.25, 0.3) is 33.5 Å². The van der Waals surface area contributed by atoms with Crippen molar-refractivity contribution in [3.05, 3.63) is 179 Å². The first-order valence-electron chi connectivity index (χ1n) is 17.7. The molecule has 0 bridgehead atoms. The summed E-state index contributed by atoms with van der Waals surface area (Å²) in [5.41, 5.74) is 10.4. The Morgan fingerprint density at radius 2 is 1.23 bits per heavy atom. The van der Waals surface area contributed by atoms with E-state index in [1.54, 1.807) is 14.2 Å². The van der Waals surface area contributed by atoms with Crippen molar-refractivity contribution in [2.45, 2.75) is 33.1 Å². The van der Waals surface area contributed by atoms with E-state index >= 15 is 8.63 Å². The molecule has 0 aliphatic carbocycles. The van der Waals surface area contributed by atoms with Gasteiger partial charge in [0.25, 0.3) is 0 Å². The fourth-order valence-electron chi connectivity index (χ4n) is 6.80. The molecule has 7 rings (SSSR count). The summed E-state index contributed by atoms with van der Waals surface area (Å²) in [5.74, 6) is 1.33. The molecular formula is C46H41BF2N2O2. The Kier molecular flexibility index (Phi) is 9.76. The molecule has 0 saturated heterocycles. The summed E-state index contributed by atoms with van der Waals surface area (Å²) in [4.78, 5) is 5.32. The molecule has 6 aromatic rings. The maximum atomic E-state index is 16.0. The smallest absolute Gasteiger partial charge is 0.497 e. The Labute approximate surface area is 311 Å². The van der Waals surface area contributed by atoms with Gasteiger partial charge in [0, 0.05) is 28.0 Å². The van der Waals surface area contributed by atoms with E-state index in [1.165, 1.54) is 4.48 Å². The molecule has 0 spiro atoms. The number of hydrogen-bond donors (Lipinski definition) is 0. The third-order valence-electron chi connectivity index (χ3n) is 9.73. The van der Waals surface area contributed by atoms with Gasteiger partial charge in [0.05, 0.1) is 31.3 Å². The van der Waals surface area contributed by atoms with E-state index in [2.05, 4.69) is 39.0 Å². The van der Waals surface area contributed by atoms with E-state index in [-0.39, 0.29) is 5.41 Å². The number of allylic oxidation sites excluding steroid dienone is 2. The van der Waals surface area contributed by atoms with Crippen LogP contribution in [0.1, 0.15) is 54.3 Å². The molecule has 0 unspecified atom stereocenters. The molecule has 264 valence electrons. The van der Waals surface area contributed by atoms with E-state index in [4.69, 9.17) is 14.5 Å². The molecule has 0 saturated carbocycles. The maximum Gasteiger partial charge on any atom is 0.678 e. The first kappa shape index (κ1) is 35.5. The van der Waals surface area contributed by atoms with Crippen molar-refractivity contribution in [2.75, 3.05) is 14.2 Å². The van der Waals surface area contributed by atoms with Crippen molar-refractivity contribution in [1.82, 2.24) is 4.48 Å². The molecular weight excluding hydrogens is 661 g/mol. The third-order valence-corrected chi connectivity index (χ3v) is 9.73. The van der Waals surface area contributed by atoms with Crippen molar-refractivity contribution < 1.29 is 18.1 Å². The molecule has 0 atom stereocenters. The molecule has 53 heavy (non-hydrogen) atoms. The lowest BCUT2D eigenvalue weighted by atomic mass is 9.86. The lowest BCUT2D eigenvalue weighted by Gasteiger charge is -2.20. The highest BCUT2D eigenvalue weighted by molar-refractivity contribution is 6.42. The number of rotatable bonds is 9. The molecule has 1 aliphatic rings. The van der Waals surface area contributed by atoms with Gasteiger partial charge in [-0.05, 0) is 76.6 Å². The molecule has 1 aromatic heterocycles. The van der Waals surface area contributed by atoms with E-state index < -0.39 is 7.40 Å². The van der Waals surface area contributed by atoms with E-state index in [9.17, 15) is 0 Å². The number of hydrogen-bond acceptors (Lipinski definition) is 3. The second-order valence-corrected chi connectivity index (χ2v) is 14.2. The Bertz CT molecular complexity index is 2330. The van der Waals surface area contributed by atoms with Crippen LogP contribution in [-0.4, -0.2) is 31.8 Å². The number of methoxy groups -OCH3 is 2. The van der Waals surface area contributed by atoms with Crippen LogP contribution in [0.15, 0.2) is 150 Å². The van der Waals surface area contributed by atoms with Gasteiger partial charge in [0.2, 0.25) is 0 Å². The standard InChI is InChI=1S/C46H41BF2N2O2/c1-30-12-14-33(15-13-30)41-28-39(31-10-8-7-9-11-31)44(50-41)43(35-20-26-38(53-6)27-21-35)45-40(32-18-24-37(52-5)25-19-32)29-42(51(45)47(48)49)34-16-22-36(23-17-34)46(2,3)4/h7-29H,1-6H3/b44-43-. The van der Waals surface area contributed by atoms with E-state index in [0.717, 1.165) is 44.7 Å². The summed E-state index contributed by atoms with van der Waals surface area (Å²) in [5, 5.41) is 0. The Morgan fingerprint density at radius 3 is 1.79 bits per heavy atom. The molecule has 0 amide bonds. The predicted molar refractivity (Wildman–Crippen MR) is 215 cm³/mol. The minimum atomic E-state index is -2.88. The maximum absolute atomic E-state index is 16.0. The monoisotopic (exact) mass is 702 g/mol. The lowest BCUT2D eigenvalue weighted by molar-refractivity contribution is 0.414. The normalized spacial score (nSPS) is 13.7. The highest BCUT2D eigenvalue weighted by Gasteiger charge is 2.34. The van der Waals surface area contributed by atoms with Crippen LogP contribution >= 0.6 is 0 Å². The van der Waals surface area contributed by atoms with Gasteiger partial charge in [-0.25, -0.2) is 4.99 Å². The number of aliphatic imine (C=N–C) groups is 1. The summed E-state index contributed by atoms with van der Waals surface area (Å²) >= 11 is 0. The fourth-order valence-corrected chi connectivity index (χ4v) is 6.80. The molecule has 4 nitrogen and oxygen atoms in total. The predicted octanol–water partition coefficient (Wildman–Crippen LogP) is 11.6. The molecule has 7 heteroatoms. The molecule has 0 fully saturated rings. The molecule has 2 heterocycles. The van der Waals surface area contributed by atoms with Crippen molar-refractivity contribution in [3.63, 3.8) is 0 Å². The second kappa shape index (κ2) is 14.6. The summed E-state index contributed by atoms with van der Waals surface area (Å²) < 4.78 is 44.2. The molecule has 0 radical (unpaired) electrons. The number of benzene rings is 5. The molecule has 1 aliphatic heterocycles. The number of aromatic nitrogens is 1. The van der Waals surface area contributed by atoms with Gasteiger partial charge < -0.3 is 14.0 Å². The van der Waals surface area contributed by atoms with Gasteiger partial charge in [-0.1, -0.05) is 129 Å². The summed E-state index contributed by atoms with van der Waals surface area (Å²) in [6, 6.07) is 43.1. The largest absolute Gasteiger partial charge is 0.678 e. The van der Waals surface area contributed by atoms with E-state index in [0.29, 0.717) is 45.3 Å². The van der Waals surface area contributed by atoms with Gasteiger partial charge in [-0.3, -0.25) is 8.63 Å². The number of ether oxygens (including phenoxy) is 2. The summed E-state index contributed by atoms with van der Waals surface area (Å²) in [6.45, 7) is 8.47. The molecule has 5 aromatic carbocycles. The topological polar surface area (TPSA) is 35.8 Å². The molecule has 0 N–H and O–H groups in total. The quantitative estimate of drug-likeness (QED) is 0.141. The van der Waals surface area contributed by atoms with Crippen molar-refractivity contribution in [3.8, 4) is 33.9 Å². The third kappa shape index (κ3) is 7.12. The van der Waals surface area contributed by atoms with Crippen LogP contribution in [-0.2, 0) is 5.41 Å². The van der Waals surface area contributed by atoms with Gasteiger partial charge >= 0.3 is 7.40 Å². The minimum Gasteiger partial charge on any atom is -0.497 e. The van der Waals surface area contributed by atoms with Gasteiger partial charge in [0.1, 0.15) is 11.5 Å². The van der Waals surface area contributed by atoms with Crippen molar-refractivity contribution in [2.24, 2.45) is 4.99 Å². The van der Waals surface area contributed by atoms with Crippen LogP contribution in [0.4, 0.5) is 8.63 Å². The van der Waals surface area contributed by atoms with Crippen LogP contribution in [0.5, 0.6) is 11.5 Å². The van der Waals surface area contributed by atoms with E-state index in [1.807, 2.05) is 128 Å². The zero-order valence-corrected chi connectivity index (χ0v) is 30.8. The van der Waals surface area contributed by atoms with Crippen molar-refractivity contribution >= 4 is 24.3 Å². The highest BCUT2D eigenvalue weighted by Crippen LogP contribution is 2.46. The summed E-state index contributed by atoms with van der Waals surface area (Å²) in [7, 11) is 0.343. The Balaban J connectivity index is 1.60. The van der Waals surface area contributed by atoms with Crippen LogP contribution in [0.3, 0.4) is 0 Å². The van der Waals surface area contributed by atoms with Gasteiger partial charge in [-0.15, -0.1) is 0 Å². The average molecular weight is 703 g/mol. The van der Waals surface area contributed by atoms with Crippen LogP contribution in [0, 0.1) is 6.92 Å². The highest BCUT2D eigenvalue weighted by atomic mass is 19.2. The minimum absolute atomic E-state index is 0.0928. The lowest BCUT2D eigenvalue weighted by Crippen LogP contribution is -2.18. The van der Waals surface area contributed by atoms with Crippen LogP contribution in [0.2, 0.25) is 0 Å². The Morgan fingerprint density at radius 1 is 0.660 bits per heavy atom. The van der Waals surface area contributed by atoms with Gasteiger partial charge in [-0.2, -0.15) is 0 Å². The fraction of sp³-hybridized carbons (Fsp3) is 0.152. The first-order chi connectivity index (χ1) is 25.5. The SMILES string of the molecule is COc1ccc(/C(=C2/N=C(c3ccc(C)cc3)C=C2c2ccccc2)c2c(-c3ccc(OC)cc3)cc(-c3ccc(C(C)(C)C)cc3)n2B(F)F)cc1. The second-order valence-electron chi connectivity index (χ2n) is 14.2. The zero-order chi connectivity index (χ0) is 37.3. The first-order valence-corrected chi connectivity index (χ1v) is 17.7. The van der Waals surface area contributed by atoms with Crippen molar-refractivity contribution in [1.29, 1.82) is 0 Å². The number of aryl methyl sites for hydroxylation is 1. The Hall–Kier alpha value is -5.95. The summed E-state index contributed by atoms with van der Waals surface area (Å²) in [6.07, 6.45) is 2.06. The average Bonchev–Trinajstić information content (AvgIpc) is 3.79. The van der Waals surface area contributed by atoms with Gasteiger partial charge in [0.15, 0.2) is 0 Å². The van der Waals surface area contributed by atoms with Crippen LogP contribution < -0.4 is 9.47 Å². The number of nitrogens with zero attached hydrogens (tertiary/aromatic N) is 2. The zero-order valence-electron chi connectivity index (χ0n) is 30.8.